The van der Waals surface area contributed by atoms with Gasteiger partial charge in [0.1, 0.15) is 0 Å². The van der Waals surface area contributed by atoms with Crippen LogP contribution in [-0.2, 0) is 0 Å². The molecule has 0 spiro atoms. The van der Waals surface area contributed by atoms with Gasteiger partial charge in [0.2, 0.25) is 10.6 Å². The van der Waals surface area contributed by atoms with Gasteiger partial charge in [-0.1, -0.05) is 26.0 Å². The molecular weight excluding hydrogens is 374 g/mol. The molecule has 1 heterocycles. The highest BCUT2D eigenvalue weighted by molar-refractivity contribution is 7.07. The number of methoxy groups -OCH3 is 3. The molecule has 0 N–H and O–H groups in total. The first kappa shape index (κ1) is 21.8. The third-order valence-electron chi connectivity index (χ3n) is 3.90. The zero-order valence-corrected chi connectivity index (χ0v) is 18.3. The third kappa shape index (κ3) is 5.25. The lowest BCUT2D eigenvalue weighted by Gasteiger charge is -2.14. The van der Waals surface area contributed by atoms with Crippen LogP contribution in [0.25, 0.3) is 11.3 Å². The van der Waals surface area contributed by atoms with Crippen LogP contribution in [0.5, 0.6) is 17.2 Å². The lowest BCUT2D eigenvalue weighted by Crippen LogP contribution is -2.13. The monoisotopic (exact) mass is 403 g/mol. The first-order chi connectivity index (χ1) is 13.4. The minimum atomic E-state index is 0.531. The van der Waals surface area contributed by atoms with Crippen LogP contribution < -0.4 is 19.0 Å². The Morgan fingerprint density at radius 2 is 1.82 bits per heavy atom. The van der Waals surface area contributed by atoms with E-state index in [1.54, 1.807) is 21.3 Å². The predicted molar refractivity (Wildman–Crippen MR) is 116 cm³/mol. The van der Waals surface area contributed by atoms with Crippen LogP contribution in [0.2, 0.25) is 0 Å². The summed E-state index contributed by atoms with van der Waals surface area (Å²) in [5.41, 5.74) is 2.81. The van der Waals surface area contributed by atoms with Crippen LogP contribution in [0.15, 0.2) is 39.8 Å². The molecule has 28 heavy (non-hydrogen) atoms. The summed E-state index contributed by atoms with van der Waals surface area (Å²) in [7, 11) is 4.81. The maximum absolute atomic E-state index is 5.49. The van der Waals surface area contributed by atoms with Crippen LogP contribution in [-0.4, -0.2) is 38.8 Å². The summed E-state index contributed by atoms with van der Waals surface area (Å²) in [5.74, 6) is 2.29. The molecule has 0 unspecified atom stereocenters. The van der Waals surface area contributed by atoms with Gasteiger partial charge in [0.15, 0.2) is 11.5 Å². The highest BCUT2D eigenvalue weighted by Gasteiger charge is 2.17. The molecule has 1 aromatic heterocycles. The van der Waals surface area contributed by atoms with E-state index in [0.29, 0.717) is 29.7 Å². The van der Waals surface area contributed by atoms with Gasteiger partial charge in [-0.25, -0.2) is 4.68 Å². The molecule has 0 amide bonds. The number of thiazole rings is 1. The van der Waals surface area contributed by atoms with Gasteiger partial charge in [0, 0.05) is 17.2 Å². The highest BCUT2D eigenvalue weighted by Crippen LogP contribution is 2.41. The predicted octanol–water partition coefficient (Wildman–Crippen LogP) is 4.60. The molecule has 2 aromatic rings. The summed E-state index contributed by atoms with van der Waals surface area (Å²) in [6.07, 6.45) is 2.82. The van der Waals surface area contributed by atoms with Gasteiger partial charge >= 0.3 is 0 Å². The fraction of sp³-hybridized carbons (Fsp3) is 0.429. The summed E-state index contributed by atoms with van der Waals surface area (Å²) >= 11 is 1.54. The summed E-state index contributed by atoms with van der Waals surface area (Å²) in [6.45, 7) is 10.8. The van der Waals surface area contributed by atoms with Gasteiger partial charge in [-0.05, 0) is 31.4 Å². The molecule has 2 rings (SSSR count). The molecule has 0 saturated carbocycles. The zero-order valence-electron chi connectivity index (χ0n) is 17.5. The Kier molecular flexibility index (Phi) is 7.87. The Morgan fingerprint density at radius 1 is 1.18 bits per heavy atom. The fourth-order valence-electron chi connectivity index (χ4n) is 2.49. The number of aromatic nitrogens is 1. The van der Waals surface area contributed by atoms with Gasteiger partial charge in [0.25, 0.3) is 0 Å². The molecule has 6 nitrogen and oxygen atoms in total. The summed E-state index contributed by atoms with van der Waals surface area (Å²) in [5, 5.41) is 6.71. The molecule has 0 aliphatic heterocycles. The lowest BCUT2D eigenvalue weighted by atomic mass is 10.1. The highest BCUT2D eigenvalue weighted by atomic mass is 32.1. The average Bonchev–Trinajstić information content (AvgIpc) is 3.07. The lowest BCUT2D eigenvalue weighted by molar-refractivity contribution is 0.324. The van der Waals surface area contributed by atoms with Crippen LogP contribution in [0.3, 0.4) is 0 Å². The van der Waals surface area contributed by atoms with Crippen LogP contribution >= 0.6 is 11.3 Å². The van der Waals surface area contributed by atoms with E-state index in [1.165, 1.54) is 11.3 Å². The largest absolute Gasteiger partial charge is 0.493 e. The summed E-state index contributed by atoms with van der Waals surface area (Å²) < 4.78 is 18.3. The van der Waals surface area contributed by atoms with Crippen LogP contribution in [0, 0.1) is 5.92 Å². The van der Waals surface area contributed by atoms with Crippen molar-refractivity contribution in [2.24, 2.45) is 16.0 Å². The van der Waals surface area contributed by atoms with E-state index >= 15 is 0 Å². The second-order valence-corrected chi connectivity index (χ2v) is 7.67. The van der Waals surface area contributed by atoms with Gasteiger partial charge in [0.05, 0.1) is 33.6 Å². The van der Waals surface area contributed by atoms with Crippen molar-refractivity contribution in [3.63, 3.8) is 0 Å². The number of hydrogen-bond acceptors (Lipinski definition) is 6. The first-order valence-corrected chi connectivity index (χ1v) is 9.97. The van der Waals surface area contributed by atoms with Crippen molar-refractivity contribution in [2.75, 3.05) is 27.9 Å². The third-order valence-corrected chi connectivity index (χ3v) is 4.76. The quantitative estimate of drug-likeness (QED) is 0.454. The molecular formula is C21H29N3O3S. The molecule has 7 heteroatoms. The van der Waals surface area contributed by atoms with Crippen molar-refractivity contribution >= 4 is 17.6 Å². The van der Waals surface area contributed by atoms with Crippen molar-refractivity contribution in [1.29, 1.82) is 0 Å². The van der Waals surface area contributed by atoms with Crippen molar-refractivity contribution in [3.05, 3.63) is 34.5 Å². The molecule has 0 radical (unpaired) electrons. The maximum Gasteiger partial charge on any atom is 0.206 e. The van der Waals surface area contributed by atoms with Gasteiger partial charge in [-0.2, -0.15) is 5.10 Å². The summed E-state index contributed by atoms with van der Waals surface area (Å²) in [6, 6.07) is 3.83. The smallest absolute Gasteiger partial charge is 0.206 e. The molecule has 0 aliphatic carbocycles. The van der Waals surface area contributed by atoms with Crippen molar-refractivity contribution in [3.8, 4) is 28.5 Å². The minimum absolute atomic E-state index is 0.531. The molecule has 0 fully saturated rings. The number of nitrogens with zero attached hydrogens (tertiary/aromatic N) is 3. The molecule has 0 saturated heterocycles. The van der Waals surface area contributed by atoms with E-state index in [-0.39, 0.29) is 0 Å². The molecule has 0 bridgehead atoms. The number of ether oxygens (including phenoxy) is 3. The number of rotatable bonds is 9. The second-order valence-electron chi connectivity index (χ2n) is 6.83. The molecule has 0 atom stereocenters. The van der Waals surface area contributed by atoms with E-state index in [2.05, 4.69) is 30.5 Å². The topological polar surface area (TPSA) is 57.3 Å². The minimum Gasteiger partial charge on any atom is -0.493 e. The molecule has 0 aliphatic rings. The van der Waals surface area contributed by atoms with Gasteiger partial charge < -0.3 is 14.2 Å². The second kappa shape index (κ2) is 10.1. The van der Waals surface area contributed by atoms with E-state index in [0.717, 1.165) is 28.1 Å². The van der Waals surface area contributed by atoms with Crippen LogP contribution in [0.1, 0.15) is 27.2 Å². The SMILES string of the molecule is C=C(C)CN=c1scc(-c2cc(OC)c(OC)c(OC)c2)n1N=CCC(C)C. The normalized spacial score (nSPS) is 12.0. The van der Waals surface area contributed by atoms with Gasteiger partial charge in [-0.3, -0.25) is 4.99 Å². The Labute approximate surface area is 170 Å². The maximum atomic E-state index is 5.49. The molecule has 1 aromatic carbocycles. The van der Waals surface area contributed by atoms with E-state index in [4.69, 9.17) is 14.2 Å². The Morgan fingerprint density at radius 3 is 2.32 bits per heavy atom. The first-order valence-electron chi connectivity index (χ1n) is 9.09. The fourth-order valence-corrected chi connectivity index (χ4v) is 3.33. The Bertz CT molecular complexity index is 885. The standard InChI is InChI=1S/C21H29N3O3S/c1-14(2)8-9-23-24-17(13-28-21(24)22-12-15(3)4)16-10-18(25-5)20(27-7)19(11-16)26-6/h9-11,13-14H,3,8,12H2,1-2,4-7H3. The van der Waals surface area contributed by atoms with E-state index < -0.39 is 0 Å². The van der Waals surface area contributed by atoms with E-state index in [1.807, 2.05) is 35.3 Å². The summed E-state index contributed by atoms with van der Waals surface area (Å²) in [4.78, 5) is 5.46. The van der Waals surface area contributed by atoms with Crippen molar-refractivity contribution in [2.45, 2.75) is 27.2 Å². The van der Waals surface area contributed by atoms with Crippen molar-refractivity contribution in [1.82, 2.24) is 4.68 Å². The number of hydrogen-bond donors (Lipinski definition) is 0. The van der Waals surface area contributed by atoms with Crippen LogP contribution in [0.4, 0.5) is 0 Å². The zero-order chi connectivity index (χ0) is 20.7. The van der Waals surface area contributed by atoms with E-state index in [9.17, 15) is 0 Å². The van der Waals surface area contributed by atoms with Gasteiger partial charge in [-0.15, -0.1) is 11.3 Å². The van der Waals surface area contributed by atoms with Crippen molar-refractivity contribution < 1.29 is 14.2 Å². The average molecular weight is 404 g/mol. The Hall–Kier alpha value is -2.54. The Balaban J connectivity index is 2.63. The number of benzene rings is 1. The molecule has 152 valence electrons.